The Morgan fingerprint density at radius 1 is 1.20 bits per heavy atom. The van der Waals surface area contributed by atoms with Gasteiger partial charge in [-0.25, -0.2) is 0 Å². The van der Waals surface area contributed by atoms with Crippen LogP contribution in [0.2, 0.25) is 0 Å². The van der Waals surface area contributed by atoms with Gasteiger partial charge in [0, 0.05) is 24.2 Å². The first-order valence-electron chi connectivity index (χ1n) is 7.67. The van der Waals surface area contributed by atoms with E-state index >= 15 is 0 Å². The quantitative estimate of drug-likeness (QED) is 0.628. The Morgan fingerprint density at radius 2 is 1.90 bits per heavy atom. The number of benzene rings is 1. The maximum Gasteiger partial charge on any atom is 0.0488 e. The van der Waals surface area contributed by atoms with Crippen LogP contribution in [0.25, 0.3) is 0 Å². The molecule has 0 aliphatic carbocycles. The van der Waals surface area contributed by atoms with Crippen LogP contribution in [0.5, 0.6) is 0 Å². The molecule has 0 amide bonds. The molecule has 20 heavy (non-hydrogen) atoms. The van der Waals surface area contributed by atoms with Gasteiger partial charge in [0.05, 0.1) is 0 Å². The summed E-state index contributed by atoms with van der Waals surface area (Å²) in [5.41, 5.74) is 1.39. The summed E-state index contributed by atoms with van der Waals surface area (Å²) in [4.78, 5) is 0. The molecule has 0 aromatic heterocycles. The predicted molar refractivity (Wildman–Crippen MR) is 90.3 cm³/mol. The minimum Gasteiger partial charge on any atom is -0.381 e. The van der Waals surface area contributed by atoms with Crippen LogP contribution in [0.4, 0.5) is 0 Å². The Balaban J connectivity index is 2.48. The molecule has 2 nitrogen and oxygen atoms in total. The van der Waals surface area contributed by atoms with E-state index in [1.165, 1.54) is 12.0 Å². The van der Waals surface area contributed by atoms with Crippen molar-refractivity contribution in [2.75, 3.05) is 26.3 Å². The molecule has 1 N–H and O–H groups in total. The highest BCUT2D eigenvalue weighted by Crippen LogP contribution is 2.21. The summed E-state index contributed by atoms with van der Waals surface area (Å²) in [6, 6.07) is 8.67. The van der Waals surface area contributed by atoms with E-state index in [9.17, 15) is 0 Å². The Labute approximate surface area is 132 Å². The lowest BCUT2D eigenvalue weighted by Crippen LogP contribution is -2.23. The molecule has 0 heterocycles. The second kappa shape index (κ2) is 10.4. The van der Waals surface area contributed by atoms with Gasteiger partial charge in [-0.2, -0.15) is 0 Å². The van der Waals surface area contributed by atoms with Crippen molar-refractivity contribution in [1.82, 2.24) is 5.32 Å². The van der Waals surface area contributed by atoms with Crippen LogP contribution < -0.4 is 5.32 Å². The minimum absolute atomic E-state index is 0.529. The van der Waals surface area contributed by atoms with Gasteiger partial charge in [0.15, 0.2) is 0 Å². The van der Waals surface area contributed by atoms with Gasteiger partial charge in [-0.3, -0.25) is 0 Å². The third-order valence-corrected chi connectivity index (χ3v) is 3.75. The summed E-state index contributed by atoms with van der Waals surface area (Å²) in [5, 5.41) is 3.53. The number of hydrogen-bond donors (Lipinski definition) is 1. The van der Waals surface area contributed by atoms with Crippen molar-refractivity contribution in [2.24, 2.45) is 5.92 Å². The molecule has 0 aliphatic rings. The second-order valence-corrected chi connectivity index (χ2v) is 6.63. The number of ether oxygens (including phenoxy) is 1. The molecule has 1 aromatic rings. The Hall–Kier alpha value is -0.380. The third-order valence-electron chi connectivity index (χ3n) is 3.22. The van der Waals surface area contributed by atoms with Crippen molar-refractivity contribution < 1.29 is 4.74 Å². The molecule has 1 rings (SSSR count). The lowest BCUT2D eigenvalue weighted by atomic mass is 9.96. The fourth-order valence-corrected chi connectivity index (χ4v) is 2.38. The highest BCUT2D eigenvalue weighted by Gasteiger charge is 2.11. The molecule has 3 heteroatoms. The standard InChI is InChI=1S/C17H28BrNO/c1-4-10-19-12-16(9-11-20-13-14(2)3)15-5-7-17(18)8-6-15/h5-8,14,16,19H,4,9-13H2,1-3H3. The molecule has 1 aromatic carbocycles. The fraction of sp³-hybridized carbons (Fsp3) is 0.647. The predicted octanol–water partition coefficient (Wildman–Crippen LogP) is 4.60. The van der Waals surface area contributed by atoms with Crippen LogP contribution >= 0.6 is 15.9 Å². The van der Waals surface area contributed by atoms with Crippen molar-refractivity contribution in [3.63, 3.8) is 0 Å². The van der Waals surface area contributed by atoms with Crippen LogP contribution in [0, 0.1) is 5.92 Å². The van der Waals surface area contributed by atoms with E-state index < -0.39 is 0 Å². The van der Waals surface area contributed by atoms with Crippen molar-refractivity contribution in [2.45, 2.75) is 39.5 Å². The minimum atomic E-state index is 0.529. The molecular formula is C17H28BrNO. The number of hydrogen-bond acceptors (Lipinski definition) is 2. The topological polar surface area (TPSA) is 21.3 Å². The van der Waals surface area contributed by atoms with Crippen LogP contribution in [0.3, 0.4) is 0 Å². The van der Waals surface area contributed by atoms with Gasteiger partial charge in [-0.05, 0) is 48.9 Å². The third kappa shape index (κ3) is 7.41. The average Bonchev–Trinajstić information content (AvgIpc) is 2.42. The van der Waals surface area contributed by atoms with Crippen molar-refractivity contribution in [1.29, 1.82) is 0 Å². The van der Waals surface area contributed by atoms with Crippen molar-refractivity contribution in [3.05, 3.63) is 34.3 Å². The first kappa shape index (κ1) is 17.7. The summed E-state index contributed by atoms with van der Waals surface area (Å²) in [6.45, 7) is 10.4. The van der Waals surface area contributed by atoms with Gasteiger partial charge in [-0.15, -0.1) is 0 Å². The van der Waals surface area contributed by atoms with E-state index in [1.807, 2.05) is 0 Å². The van der Waals surface area contributed by atoms with E-state index in [0.29, 0.717) is 11.8 Å². The van der Waals surface area contributed by atoms with Gasteiger partial charge in [0.2, 0.25) is 0 Å². The molecule has 0 saturated heterocycles. The first-order valence-corrected chi connectivity index (χ1v) is 8.46. The Morgan fingerprint density at radius 3 is 2.50 bits per heavy atom. The molecule has 0 aliphatic heterocycles. The molecule has 1 atom stereocenters. The first-order chi connectivity index (χ1) is 9.63. The maximum absolute atomic E-state index is 5.74. The Bertz CT molecular complexity index is 351. The second-order valence-electron chi connectivity index (χ2n) is 5.71. The lowest BCUT2D eigenvalue weighted by molar-refractivity contribution is 0.103. The molecule has 0 fully saturated rings. The Kier molecular flexibility index (Phi) is 9.16. The molecule has 0 spiro atoms. The van der Waals surface area contributed by atoms with Crippen LogP contribution in [-0.2, 0) is 4.74 Å². The van der Waals surface area contributed by atoms with E-state index in [1.54, 1.807) is 0 Å². The molecule has 114 valence electrons. The van der Waals surface area contributed by atoms with Crippen LogP contribution in [-0.4, -0.2) is 26.3 Å². The zero-order chi connectivity index (χ0) is 14.8. The van der Waals surface area contributed by atoms with Crippen molar-refractivity contribution in [3.8, 4) is 0 Å². The largest absolute Gasteiger partial charge is 0.381 e. The van der Waals surface area contributed by atoms with Gasteiger partial charge >= 0.3 is 0 Å². The van der Waals surface area contributed by atoms with Gasteiger partial charge < -0.3 is 10.1 Å². The van der Waals surface area contributed by atoms with Crippen molar-refractivity contribution >= 4 is 15.9 Å². The number of rotatable bonds is 10. The normalized spacial score (nSPS) is 12.8. The molecule has 0 saturated carbocycles. The van der Waals surface area contributed by atoms with E-state index in [4.69, 9.17) is 4.74 Å². The van der Waals surface area contributed by atoms with Gasteiger partial charge in [0.25, 0.3) is 0 Å². The number of halogens is 1. The molecule has 0 radical (unpaired) electrons. The highest BCUT2D eigenvalue weighted by atomic mass is 79.9. The SMILES string of the molecule is CCCNCC(CCOCC(C)C)c1ccc(Br)cc1. The van der Waals surface area contributed by atoms with E-state index in [-0.39, 0.29) is 0 Å². The molecular weight excluding hydrogens is 314 g/mol. The summed E-state index contributed by atoms with van der Waals surface area (Å²) in [6.07, 6.45) is 2.25. The van der Waals surface area contributed by atoms with Gasteiger partial charge in [-0.1, -0.05) is 48.8 Å². The van der Waals surface area contributed by atoms with Crippen LogP contribution in [0.1, 0.15) is 45.1 Å². The summed E-state index contributed by atoms with van der Waals surface area (Å²) in [5.74, 6) is 1.14. The zero-order valence-corrected chi connectivity index (χ0v) is 14.6. The lowest BCUT2D eigenvalue weighted by Gasteiger charge is -2.19. The number of nitrogens with one attached hydrogen (secondary N) is 1. The molecule has 0 bridgehead atoms. The average molecular weight is 342 g/mol. The summed E-state index contributed by atoms with van der Waals surface area (Å²) < 4.78 is 6.88. The van der Waals surface area contributed by atoms with Gasteiger partial charge in [0.1, 0.15) is 0 Å². The van der Waals surface area contributed by atoms with E-state index in [0.717, 1.165) is 37.2 Å². The molecule has 1 unspecified atom stereocenters. The van der Waals surface area contributed by atoms with Crippen LogP contribution in [0.15, 0.2) is 28.7 Å². The van der Waals surface area contributed by atoms with E-state index in [2.05, 4.69) is 66.3 Å². The fourth-order valence-electron chi connectivity index (χ4n) is 2.12. The highest BCUT2D eigenvalue weighted by molar-refractivity contribution is 9.10. The smallest absolute Gasteiger partial charge is 0.0488 e. The zero-order valence-electron chi connectivity index (χ0n) is 13.0. The monoisotopic (exact) mass is 341 g/mol. The summed E-state index contributed by atoms with van der Waals surface area (Å²) in [7, 11) is 0. The maximum atomic E-state index is 5.74. The summed E-state index contributed by atoms with van der Waals surface area (Å²) >= 11 is 3.50.